The van der Waals surface area contributed by atoms with Gasteiger partial charge in [-0.05, 0) is 48.6 Å². The summed E-state index contributed by atoms with van der Waals surface area (Å²) in [4.78, 5) is 12.4. The van der Waals surface area contributed by atoms with Crippen LogP contribution in [-0.2, 0) is 10.0 Å². The van der Waals surface area contributed by atoms with Gasteiger partial charge in [0.1, 0.15) is 5.82 Å². The van der Waals surface area contributed by atoms with Crippen LogP contribution in [0.1, 0.15) is 43.5 Å². The summed E-state index contributed by atoms with van der Waals surface area (Å²) in [5.41, 5.74) is -0.205. The Bertz CT molecular complexity index is 1060. The molecule has 9 heteroatoms. The number of sulfonamides is 1. The third kappa shape index (κ3) is 4.97. The number of carbonyl (C=O) groups excluding carboxylic acids is 1. The van der Waals surface area contributed by atoms with Crippen molar-refractivity contribution in [1.29, 1.82) is 0 Å². The molecule has 0 aliphatic heterocycles. The molecule has 1 fully saturated rings. The fraction of sp³-hybridized carbons (Fsp3) is 0.381. The fourth-order valence-corrected chi connectivity index (χ4v) is 5.39. The number of anilines is 1. The largest absolute Gasteiger partial charge is 0.320 e. The van der Waals surface area contributed by atoms with E-state index in [-0.39, 0.29) is 32.6 Å². The smallest absolute Gasteiger partial charge is 0.258 e. The van der Waals surface area contributed by atoms with E-state index in [0.717, 1.165) is 37.5 Å². The summed E-state index contributed by atoms with van der Waals surface area (Å²) in [6.07, 6.45) is 2.75. The fourth-order valence-electron chi connectivity index (χ4n) is 3.65. The molecule has 0 heterocycles. The highest BCUT2D eigenvalue weighted by Crippen LogP contribution is 2.32. The van der Waals surface area contributed by atoms with Crippen molar-refractivity contribution in [3.05, 3.63) is 57.8 Å². The van der Waals surface area contributed by atoms with Crippen LogP contribution >= 0.6 is 23.2 Å². The normalized spacial score (nSPS) is 22.0. The van der Waals surface area contributed by atoms with Gasteiger partial charge in [0.2, 0.25) is 10.0 Å². The van der Waals surface area contributed by atoms with Crippen molar-refractivity contribution in [3.8, 4) is 0 Å². The molecule has 162 valence electrons. The minimum atomic E-state index is -3.92. The average Bonchev–Trinajstić information content (AvgIpc) is 2.69. The lowest BCUT2D eigenvalue weighted by Crippen LogP contribution is -2.43. The van der Waals surface area contributed by atoms with E-state index in [4.69, 9.17) is 23.2 Å². The molecule has 5 nitrogen and oxygen atoms in total. The van der Waals surface area contributed by atoms with Crippen molar-refractivity contribution >= 4 is 44.8 Å². The number of nitrogens with one attached hydrogen (secondary N) is 2. The zero-order chi connectivity index (χ0) is 22.1. The van der Waals surface area contributed by atoms with Gasteiger partial charge < -0.3 is 5.32 Å². The van der Waals surface area contributed by atoms with Crippen LogP contribution in [0.25, 0.3) is 0 Å². The first-order valence-corrected chi connectivity index (χ1v) is 11.9. The molecule has 0 saturated heterocycles. The molecular formula is C21H23Cl2FN2O3S. The van der Waals surface area contributed by atoms with Crippen molar-refractivity contribution in [1.82, 2.24) is 4.72 Å². The van der Waals surface area contributed by atoms with Gasteiger partial charge in [0.05, 0.1) is 26.2 Å². The van der Waals surface area contributed by atoms with E-state index in [0.29, 0.717) is 5.92 Å². The quantitative estimate of drug-likeness (QED) is 0.603. The molecule has 0 spiro atoms. The predicted octanol–water partition coefficient (Wildman–Crippen LogP) is 5.49. The van der Waals surface area contributed by atoms with Crippen LogP contribution < -0.4 is 10.0 Å². The molecule has 1 saturated carbocycles. The number of amides is 1. The molecule has 0 aromatic heterocycles. The van der Waals surface area contributed by atoms with Crippen LogP contribution in [0.4, 0.5) is 10.1 Å². The van der Waals surface area contributed by atoms with E-state index in [9.17, 15) is 17.6 Å². The van der Waals surface area contributed by atoms with Gasteiger partial charge in [0.25, 0.3) is 5.91 Å². The lowest BCUT2D eigenvalue weighted by Gasteiger charge is -2.34. The lowest BCUT2D eigenvalue weighted by molar-refractivity contribution is 0.102. The Morgan fingerprint density at radius 1 is 1.13 bits per heavy atom. The van der Waals surface area contributed by atoms with Gasteiger partial charge in [0.15, 0.2) is 0 Å². The van der Waals surface area contributed by atoms with Gasteiger partial charge in [-0.15, -0.1) is 0 Å². The van der Waals surface area contributed by atoms with Crippen LogP contribution in [-0.4, -0.2) is 20.4 Å². The molecule has 3 rings (SSSR count). The maximum absolute atomic E-state index is 14.3. The SMILES string of the molecule is C[C@H]1[C@H](C)CCC[C@H]1NS(=O)(=O)c1ccc(F)c(C(=O)Nc2cccc(Cl)c2Cl)c1. The Morgan fingerprint density at radius 3 is 2.60 bits per heavy atom. The maximum atomic E-state index is 14.3. The van der Waals surface area contributed by atoms with Gasteiger partial charge >= 0.3 is 0 Å². The Kier molecular flexibility index (Phi) is 7.07. The summed E-state index contributed by atoms with van der Waals surface area (Å²) in [6, 6.07) is 7.59. The second kappa shape index (κ2) is 9.22. The predicted molar refractivity (Wildman–Crippen MR) is 117 cm³/mol. The van der Waals surface area contributed by atoms with Crippen LogP contribution in [0.15, 0.2) is 41.3 Å². The molecular weight excluding hydrogens is 450 g/mol. The monoisotopic (exact) mass is 472 g/mol. The number of hydrogen-bond acceptors (Lipinski definition) is 3. The van der Waals surface area contributed by atoms with Crippen LogP contribution in [0.3, 0.4) is 0 Å². The highest BCUT2D eigenvalue weighted by Gasteiger charge is 2.31. The average molecular weight is 473 g/mol. The van der Waals surface area contributed by atoms with E-state index >= 15 is 0 Å². The van der Waals surface area contributed by atoms with Gasteiger partial charge in [-0.25, -0.2) is 17.5 Å². The summed E-state index contributed by atoms with van der Waals surface area (Å²) >= 11 is 12.0. The molecule has 2 N–H and O–H groups in total. The second-order valence-electron chi connectivity index (χ2n) is 7.69. The van der Waals surface area contributed by atoms with Gasteiger partial charge in [-0.1, -0.05) is 56.0 Å². The molecule has 3 atom stereocenters. The third-order valence-electron chi connectivity index (χ3n) is 5.71. The van der Waals surface area contributed by atoms with Crippen LogP contribution in [0, 0.1) is 17.7 Å². The Morgan fingerprint density at radius 2 is 1.87 bits per heavy atom. The number of benzene rings is 2. The standard InChI is InChI=1S/C21H23Cl2FN2O3S/c1-12-5-3-7-18(13(12)2)26-30(28,29)14-9-10-17(24)15(11-14)21(27)25-19-8-4-6-16(22)20(19)23/h4,6,8-13,18,26H,3,5,7H2,1-2H3,(H,25,27)/t12-,13+,18-/m1/s1. The van der Waals surface area contributed by atoms with Gasteiger partial charge in [-0.3, -0.25) is 4.79 Å². The number of rotatable bonds is 5. The van der Waals surface area contributed by atoms with Crippen molar-refractivity contribution < 1.29 is 17.6 Å². The van der Waals surface area contributed by atoms with E-state index < -0.39 is 27.3 Å². The van der Waals surface area contributed by atoms with E-state index in [1.807, 2.05) is 6.92 Å². The van der Waals surface area contributed by atoms with Crippen molar-refractivity contribution in [2.75, 3.05) is 5.32 Å². The molecule has 0 unspecified atom stereocenters. The van der Waals surface area contributed by atoms with E-state index in [1.165, 1.54) is 6.07 Å². The molecule has 30 heavy (non-hydrogen) atoms. The summed E-state index contributed by atoms with van der Waals surface area (Å²) in [5, 5.41) is 2.81. The molecule has 1 aliphatic carbocycles. The molecule has 1 amide bonds. The number of halogens is 3. The first kappa shape index (κ1) is 23.0. The molecule has 2 aromatic carbocycles. The summed E-state index contributed by atoms with van der Waals surface area (Å²) in [7, 11) is -3.92. The summed E-state index contributed by atoms with van der Waals surface area (Å²) in [6.45, 7) is 4.13. The highest BCUT2D eigenvalue weighted by molar-refractivity contribution is 7.89. The van der Waals surface area contributed by atoms with Gasteiger partial charge in [-0.2, -0.15) is 0 Å². The van der Waals surface area contributed by atoms with Crippen LogP contribution in [0.2, 0.25) is 10.0 Å². The Balaban J connectivity index is 1.85. The topological polar surface area (TPSA) is 75.3 Å². The molecule has 0 radical (unpaired) electrons. The minimum Gasteiger partial charge on any atom is -0.320 e. The number of hydrogen-bond donors (Lipinski definition) is 2. The molecule has 1 aliphatic rings. The zero-order valence-corrected chi connectivity index (χ0v) is 18.9. The number of carbonyl (C=O) groups is 1. The lowest BCUT2D eigenvalue weighted by atomic mass is 9.78. The highest BCUT2D eigenvalue weighted by atomic mass is 35.5. The molecule has 0 bridgehead atoms. The Labute approximate surface area is 186 Å². The molecule has 2 aromatic rings. The summed E-state index contributed by atoms with van der Waals surface area (Å²) in [5.74, 6) is -1.08. The van der Waals surface area contributed by atoms with E-state index in [1.54, 1.807) is 12.1 Å². The third-order valence-corrected chi connectivity index (χ3v) is 8.01. The first-order chi connectivity index (χ1) is 14.1. The second-order valence-corrected chi connectivity index (χ2v) is 10.2. The van der Waals surface area contributed by atoms with E-state index in [2.05, 4.69) is 17.0 Å². The van der Waals surface area contributed by atoms with Crippen LogP contribution in [0.5, 0.6) is 0 Å². The van der Waals surface area contributed by atoms with Gasteiger partial charge in [0, 0.05) is 6.04 Å². The van der Waals surface area contributed by atoms with Crippen molar-refractivity contribution in [2.45, 2.75) is 44.0 Å². The zero-order valence-electron chi connectivity index (χ0n) is 16.6. The van der Waals surface area contributed by atoms with Crippen molar-refractivity contribution in [3.63, 3.8) is 0 Å². The maximum Gasteiger partial charge on any atom is 0.258 e. The Hall–Kier alpha value is -1.67. The van der Waals surface area contributed by atoms with Crippen molar-refractivity contribution in [2.24, 2.45) is 11.8 Å². The summed E-state index contributed by atoms with van der Waals surface area (Å²) < 4.78 is 42.8. The minimum absolute atomic E-state index is 0.110. The first-order valence-electron chi connectivity index (χ1n) is 9.67.